The van der Waals surface area contributed by atoms with Crippen LogP contribution in [0.4, 0.5) is 0 Å². The standard InChI is InChI=1S/C20H29N3O2/c1-15(2)19(25)22-13-20(14-22)12-21(9-16-6-4-3-5-7-16)10-17-8-18(24)11-23(17)20/h3-7,15,17-18,24H,8-14H2,1-2H3/t17-,18+/m0/s1. The summed E-state index contributed by atoms with van der Waals surface area (Å²) in [6.07, 6.45) is 0.624. The van der Waals surface area contributed by atoms with Gasteiger partial charge in [-0.05, 0) is 12.0 Å². The van der Waals surface area contributed by atoms with Gasteiger partial charge in [-0.15, -0.1) is 0 Å². The molecule has 5 nitrogen and oxygen atoms in total. The molecular weight excluding hydrogens is 314 g/mol. The van der Waals surface area contributed by atoms with E-state index in [1.165, 1.54) is 5.56 Å². The minimum atomic E-state index is -0.228. The van der Waals surface area contributed by atoms with Crippen molar-refractivity contribution < 1.29 is 9.90 Å². The van der Waals surface area contributed by atoms with Crippen molar-refractivity contribution in [2.24, 2.45) is 5.92 Å². The number of fused-ring (bicyclic) bond motifs is 2. The zero-order valence-corrected chi connectivity index (χ0v) is 15.3. The molecular formula is C20H29N3O2. The molecule has 0 radical (unpaired) electrons. The minimum Gasteiger partial charge on any atom is -0.392 e. The number of piperazine rings is 1. The molecule has 4 rings (SSSR count). The number of carbonyl (C=O) groups is 1. The Morgan fingerprint density at radius 3 is 2.60 bits per heavy atom. The summed E-state index contributed by atoms with van der Waals surface area (Å²) in [6.45, 7) is 9.24. The predicted molar refractivity (Wildman–Crippen MR) is 97.0 cm³/mol. The van der Waals surface area contributed by atoms with Gasteiger partial charge in [0, 0.05) is 51.2 Å². The second-order valence-electron chi connectivity index (χ2n) is 8.42. The van der Waals surface area contributed by atoms with Crippen LogP contribution in [0.15, 0.2) is 30.3 Å². The quantitative estimate of drug-likeness (QED) is 0.895. The first kappa shape index (κ1) is 17.0. The van der Waals surface area contributed by atoms with E-state index >= 15 is 0 Å². The summed E-state index contributed by atoms with van der Waals surface area (Å²) in [5, 5.41) is 10.2. The van der Waals surface area contributed by atoms with Gasteiger partial charge in [-0.2, -0.15) is 0 Å². The molecule has 3 heterocycles. The van der Waals surface area contributed by atoms with Gasteiger partial charge in [0.1, 0.15) is 0 Å². The number of rotatable bonds is 3. The monoisotopic (exact) mass is 343 g/mol. The smallest absolute Gasteiger partial charge is 0.225 e. The second-order valence-corrected chi connectivity index (χ2v) is 8.42. The van der Waals surface area contributed by atoms with Gasteiger partial charge in [-0.25, -0.2) is 0 Å². The Bertz CT molecular complexity index is 627. The van der Waals surface area contributed by atoms with E-state index < -0.39 is 0 Å². The Hall–Kier alpha value is -1.43. The van der Waals surface area contributed by atoms with Crippen molar-refractivity contribution >= 4 is 5.91 Å². The van der Waals surface area contributed by atoms with E-state index in [0.29, 0.717) is 6.04 Å². The summed E-state index contributed by atoms with van der Waals surface area (Å²) in [6, 6.07) is 11.0. The Morgan fingerprint density at radius 1 is 1.20 bits per heavy atom. The molecule has 1 aromatic carbocycles. The number of amides is 1. The van der Waals surface area contributed by atoms with Crippen molar-refractivity contribution in [3.05, 3.63) is 35.9 Å². The molecule has 1 amide bonds. The Labute approximate surface area is 150 Å². The largest absolute Gasteiger partial charge is 0.392 e. The highest BCUT2D eigenvalue weighted by Crippen LogP contribution is 2.39. The fourth-order valence-corrected chi connectivity index (χ4v) is 4.94. The molecule has 0 aromatic heterocycles. The summed E-state index contributed by atoms with van der Waals surface area (Å²) in [7, 11) is 0. The minimum absolute atomic E-state index is 0.0275. The van der Waals surface area contributed by atoms with Crippen molar-refractivity contribution in [3.63, 3.8) is 0 Å². The number of carbonyl (C=O) groups excluding carboxylic acids is 1. The van der Waals surface area contributed by atoms with E-state index in [1.54, 1.807) is 0 Å². The number of hydrogen-bond acceptors (Lipinski definition) is 4. The lowest BCUT2D eigenvalue weighted by Crippen LogP contribution is -2.78. The first-order valence-corrected chi connectivity index (χ1v) is 9.47. The molecule has 3 aliphatic heterocycles. The molecule has 5 heteroatoms. The molecule has 25 heavy (non-hydrogen) atoms. The van der Waals surface area contributed by atoms with Crippen LogP contribution in [-0.4, -0.2) is 76.1 Å². The van der Waals surface area contributed by atoms with Crippen LogP contribution >= 0.6 is 0 Å². The number of likely N-dealkylation sites (tertiary alicyclic amines) is 1. The maximum absolute atomic E-state index is 12.3. The molecule has 3 saturated heterocycles. The fraction of sp³-hybridized carbons (Fsp3) is 0.650. The lowest BCUT2D eigenvalue weighted by atomic mass is 9.83. The summed E-state index contributed by atoms with van der Waals surface area (Å²) in [5.41, 5.74) is 1.36. The number of aliphatic hydroxyl groups is 1. The normalized spacial score (nSPS) is 29.0. The average molecular weight is 343 g/mol. The van der Waals surface area contributed by atoms with Crippen LogP contribution in [0.1, 0.15) is 25.8 Å². The number of benzene rings is 1. The first-order valence-electron chi connectivity index (χ1n) is 9.47. The summed E-state index contributed by atoms with van der Waals surface area (Å²) >= 11 is 0. The fourth-order valence-electron chi connectivity index (χ4n) is 4.94. The van der Waals surface area contributed by atoms with Crippen molar-refractivity contribution in [1.82, 2.24) is 14.7 Å². The summed E-state index contributed by atoms with van der Waals surface area (Å²) in [4.78, 5) is 19.3. The van der Waals surface area contributed by atoms with Gasteiger partial charge in [0.05, 0.1) is 11.6 Å². The number of β-amino-alcohol motifs (C(OH)–C–C–N with tert-alkyl or cyclic N) is 1. The van der Waals surface area contributed by atoms with Gasteiger partial charge >= 0.3 is 0 Å². The third-order valence-electron chi connectivity index (χ3n) is 6.01. The van der Waals surface area contributed by atoms with Crippen molar-refractivity contribution in [2.75, 3.05) is 32.7 Å². The summed E-state index contributed by atoms with van der Waals surface area (Å²) < 4.78 is 0. The van der Waals surface area contributed by atoms with Gasteiger partial charge < -0.3 is 10.0 Å². The second kappa shape index (κ2) is 6.38. The van der Waals surface area contributed by atoms with Crippen LogP contribution in [0.2, 0.25) is 0 Å². The van der Waals surface area contributed by atoms with Gasteiger partial charge in [0.2, 0.25) is 5.91 Å². The van der Waals surface area contributed by atoms with Gasteiger partial charge in [-0.1, -0.05) is 44.2 Å². The average Bonchev–Trinajstić information content (AvgIpc) is 2.92. The molecule has 1 N–H and O–H groups in total. The van der Waals surface area contributed by atoms with Crippen molar-refractivity contribution in [2.45, 2.75) is 44.5 Å². The van der Waals surface area contributed by atoms with E-state index in [1.807, 2.05) is 18.7 Å². The van der Waals surface area contributed by atoms with E-state index in [4.69, 9.17) is 0 Å². The van der Waals surface area contributed by atoms with Crippen LogP contribution in [0.25, 0.3) is 0 Å². The molecule has 136 valence electrons. The molecule has 1 spiro atoms. The summed E-state index contributed by atoms with van der Waals surface area (Å²) in [5.74, 6) is 0.309. The number of hydrogen-bond donors (Lipinski definition) is 1. The van der Waals surface area contributed by atoms with E-state index in [2.05, 4.69) is 40.1 Å². The molecule has 3 aliphatic rings. The van der Waals surface area contributed by atoms with Gasteiger partial charge in [0.25, 0.3) is 0 Å². The molecule has 0 aliphatic carbocycles. The van der Waals surface area contributed by atoms with Crippen LogP contribution in [0.5, 0.6) is 0 Å². The Kier molecular flexibility index (Phi) is 4.34. The predicted octanol–water partition coefficient (Wildman–Crippen LogP) is 1.17. The Balaban J connectivity index is 1.50. The zero-order chi connectivity index (χ0) is 17.6. The lowest BCUT2D eigenvalue weighted by Gasteiger charge is -2.61. The van der Waals surface area contributed by atoms with Gasteiger partial charge in [-0.3, -0.25) is 14.6 Å². The number of nitrogens with zero attached hydrogens (tertiary/aromatic N) is 3. The van der Waals surface area contributed by atoms with Crippen molar-refractivity contribution in [1.29, 1.82) is 0 Å². The van der Waals surface area contributed by atoms with Crippen LogP contribution in [0.3, 0.4) is 0 Å². The van der Waals surface area contributed by atoms with Crippen LogP contribution in [0, 0.1) is 5.92 Å². The Morgan fingerprint density at radius 2 is 1.92 bits per heavy atom. The molecule has 0 bridgehead atoms. The highest BCUT2D eigenvalue weighted by molar-refractivity contribution is 5.79. The zero-order valence-electron chi connectivity index (χ0n) is 15.3. The van der Waals surface area contributed by atoms with Crippen LogP contribution < -0.4 is 0 Å². The highest BCUT2D eigenvalue weighted by atomic mass is 16.3. The van der Waals surface area contributed by atoms with Crippen molar-refractivity contribution in [3.8, 4) is 0 Å². The molecule has 3 fully saturated rings. The molecule has 1 aromatic rings. The van der Waals surface area contributed by atoms with Gasteiger partial charge in [0.15, 0.2) is 0 Å². The lowest BCUT2D eigenvalue weighted by molar-refractivity contribution is -0.159. The van der Waals surface area contributed by atoms with E-state index in [-0.39, 0.29) is 23.5 Å². The third-order valence-corrected chi connectivity index (χ3v) is 6.01. The van der Waals surface area contributed by atoms with E-state index in [0.717, 1.165) is 45.7 Å². The maximum Gasteiger partial charge on any atom is 0.225 e. The third kappa shape index (κ3) is 3.09. The number of aliphatic hydroxyl groups excluding tert-OH is 1. The maximum atomic E-state index is 12.3. The first-order chi connectivity index (χ1) is 12.0. The molecule has 0 unspecified atom stereocenters. The topological polar surface area (TPSA) is 47.0 Å². The molecule has 2 atom stereocenters. The SMILES string of the molecule is CC(C)C(=O)N1CC2(CN(Cc3ccccc3)C[C@@H]3C[C@@H](O)CN32)C1. The molecule has 0 saturated carbocycles. The van der Waals surface area contributed by atoms with E-state index in [9.17, 15) is 9.90 Å². The van der Waals surface area contributed by atoms with Crippen LogP contribution in [-0.2, 0) is 11.3 Å². The highest BCUT2D eigenvalue weighted by Gasteiger charge is 2.57.